The second-order valence-corrected chi connectivity index (χ2v) is 10.2. The highest BCUT2D eigenvalue weighted by atomic mass is 16.6. The highest BCUT2D eigenvalue weighted by molar-refractivity contribution is 5.84. The normalized spacial score (nSPS) is 63.3. The summed E-state index contributed by atoms with van der Waals surface area (Å²) in [6, 6.07) is 0. The molecule has 4 aliphatic carbocycles. The highest BCUT2D eigenvalue weighted by Crippen LogP contribution is 2.80. The third kappa shape index (κ3) is 1.21. The van der Waals surface area contributed by atoms with Gasteiger partial charge in [0.1, 0.15) is 5.60 Å². The molecular weight excluding hydrogens is 296 g/mol. The summed E-state index contributed by atoms with van der Waals surface area (Å²) in [5.74, 6) is 2.28. The Morgan fingerprint density at radius 2 is 1.96 bits per heavy atom. The number of fused-ring (bicyclic) bond motifs is 1. The van der Waals surface area contributed by atoms with E-state index in [1.54, 1.807) is 0 Å². The molecule has 0 N–H and O–H groups in total. The smallest absolute Gasteiger partial charge is 0.316 e. The van der Waals surface area contributed by atoms with Gasteiger partial charge in [0.15, 0.2) is 0 Å². The molecule has 2 nitrogen and oxygen atoms in total. The SMILES string of the molecule is C=C1C[C@]23C[C@@]1(C)C(C)CC2[C@]12OC(=O)[C@](C)(C=CC1C)C2[C@@H]3C. The Balaban J connectivity index is 1.76. The maximum atomic E-state index is 12.9. The van der Waals surface area contributed by atoms with Gasteiger partial charge in [-0.2, -0.15) is 0 Å². The molecular formula is C22H30O2. The summed E-state index contributed by atoms with van der Waals surface area (Å²) in [4.78, 5) is 12.9. The molecule has 5 rings (SSSR count). The molecule has 4 fully saturated rings. The maximum Gasteiger partial charge on any atom is 0.316 e. The van der Waals surface area contributed by atoms with Gasteiger partial charge in [0.05, 0.1) is 5.41 Å². The van der Waals surface area contributed by atoms with Crippen LogP contribution < -0.4 is 0 Å². The Morgan fingerprint density at radius 1 is 1.25 bits per heavy atom. The number of ether oxygens (including phenoxy) is 1. The number of rotatable bonds is 0. The van der Waals surface area contributed by atoms with Crippen LogP contribution in [0.4, 0.5) is 0 Å². The first-order chi connectivity index (χ1) is 11.1. The molecule has 4 bridgehead atoms. The summed E-state index contributed by atoms with van der Waals surface area (Å²) >= 11 is 0. The van der Waals surface area contributed by atoms with E-state index in [-0.39, 0.29) is 22.4 Å². The Kier molecular flexibility index (Phi) is 2.45. The summed E-state index contributed by atoms with van der Waals surface area (Å²) in [6.07, 6.45) is 8.00. The Labute approximate surface area is 145 Å². The van der Waals surface area contributed by atoms with Crippen LogP contribution in [0.15, 0.2) is 24.3 Å². The van der Waals surface area contributed by atoms with Crippen LogP contribution in [0.1, 0.15) is 53.9 Å². The van der Waals surface area contributed by atoms with Crippen LogP contribution in [0.2, 0.25) is 0 Å². The number of carbonyl (C=O) groups excluding carboxylic acids is 1. The minimum Gasteiger partial charge on any atom is -0.457 e. The van der Waals surface area contributed by atoms with Crippen molar-refractivity contribution in [3.8, 4) is 0 Å². The first-order valence-corrected chi connectivity index (χ1v) is 9.74. The van der Waals surface area contributed by atoms with E-state index in [0.29, 0.717) is 29.6 Å². The zero-order valence-electron chi connectivity index (χ0n) is 15.7. The van der Waals surface area contributed by atoms with Crippen molar-refractivity contribution in [2.75, 3.05) is 0 Å². The van der Waals surface area contributed by atoms with Crippen LogP contribution in [-0.2, 0) is 9.53 Å². The molecule has 1 aliphatic heterocycles. The summed E-state index contributed by atoms with van der Waals surface area (Å²) in [5.41, 5.74) is 1.30. The third-order valence-electron chi connectivity index (χ3n) is 9.65. The lowest BCUT2D eigenvalue weighted by Gasteiger charge is -2.50. The highest BCUT2D eigenvalue weighted by Gasteiger charge is 2.81. The van der Waals surface area contributed by atoms with Crippen LogP contribution >= 0.6 is 0 Å². The van der Waals surface area contributed by atoms with Crippen LogP contribution in [0.25, 0.3) is 0 Å². The van der Waals surface area contributed by atoms with E-state index in [1.807, 2.05) is 0 Å². The second kappa shape index (κ2) is 3.86. The predicted octanol–water partition coefficient (Wildman–Crippen LogP) is 4.76. The van der Waals surface area contributed by atoms with E-state index in [9.17, 15) is 4.79 Å². The van der Waals surface area contributed by atoms with Gasteiger partial charge in [-0.15, -0.1) is 0 Å². The minimum atomic E-state index is -0.429. The van der Waals surface area contributed by atoms with Gasteiger partial charge in [-0.3, -0.25) is 4.79 Å². The van der Waals surface area contributed by atoms with Gasteiger partial charge < -0.3 is 4.74 Å². The van der Waals surface area contributed by atoms with Crippen molar-refractivity contribution in [2.24, 2.45) is 45.8 Å². The van der Waals surface area contributed by atoms with Crippen molar-refractivity contribution < 1.29 is 9.53 Å². The fourth-order valence-electron chi connectivity index (χ4n) is 8.18. The van der Waals surface area contributed by atoms with E-state index in [4.69, 9.17) is 4.74 Å². The fraction of sp³-hybridized carbons (Fsp3) is 0.773. The van der Waals surface area contributed by atoms with Crippen molar-refractivity contribution >= 4 is 5.97 Å². The zero-order valence-corrected chi connectivity index (χ0v) is 15.7. The average Bonchev–Trinajstić information content (AvgIpc) is 2.95. The molecule has 0 aromatic heterocycles. The maximum absolute atomic E-state index is 12.9. The van der Waals surface area contributed by atoms with Gasteiger partial charge in [-0.25, -0.2) is 0 Å². The Bertz CT molecular complexity index is 707. The van der Waals surface area contributed by atoms with Crippen LogP contribution in [0.3, 0.4) is 0 Å². The van der Waals surface area contributed by atoms with Gasteiger partial charge in [0, 0.05) is 17.8 Å². The first kappa shape index (κ1) is 15.2. The number of carbonyl (C=O) groups is 1. The molecule has 1 heterocycles. The summed E-state index contributed by atoms with van der Waals surface area (Å²) in [5, 5.41) is 0. The van der Waals surface area contributed by atoms with E-state index in [1.165, 1.54) is 18.4 Å². The molecule has 0 aromatic rings. The van der Waals surface area contributed by atoms with Crippen molar-refractivity contribution in [1.82, 2.24) is 0 Å². The van der Waals surface area contributed by atoms with Crippen LogP contribution in [-0.4, -0.2) is 11.6 Å². The molecule has 0 amide bonds. The molecule has 0 radical (unpaired) electrons. The number of hydrogen-bond donors (Lipinski definition) is 0. The second-order valence-electron chi connectivity index (χ2n) is 10.2. The lowest BCUT2D eigenvalue weighted by atomic mass is 9.56. The zero-order chi connectivity index (χ0) is 17.3. The minimum absolute atomic E-state index is 0.0209. The first-order valence-electron chi connectivity index (χ1n) is 9.74. The fourth-order valence-corrected chi connectivity index (χ4v) is 8.18. The monoisotopic (exact) mass is 326 g/mol. The van der Waals surface area contributed by atoms with Crippen molar-refractivity contribution in [3.05, 3.63) is 24.3 Å². The standard InChI is InChI=1S/C22H30O2/c1-12-7-8-19(5)17-15(4)21-10-14(3)20(6,11-21)13(2)9-16(21)22(12,17)24-18(19)23/h7-8,12-13,15-17H,3,9-11H2,1-2,4-6H3/t12?,13?,15-,16?,17?,19+,20-,21+,22+/m0/s1. The molecule has 24 heavy (non-hydrogen) atoms. The topological polar surface area (TPSA) is 26.3 Å². The van der Waals surface area contributed by atoms with Gasteiger partial charge >= 0.3 is 5.97 Å². The average molecular weight is 326 g/mol. The summed E-state index contributed by atoms with van der Waals surface area (Å²) in [7, 11) is 0. The lowest BCUT2D eigenvalue weighted by Crippen LogP contribution is -2.51. The quantitative estimate of drug-likeness (QED) is 0.474. The summed E-state index contributed by atoms with van der Waals surface area (Å²) in [6.45, 7) is 16.2. The lowest BCUT2D eigenvalue weighted by molar-refractivity contribution is -0.165. The molecule has 1 saturated heterocycles. The molecule has 3 saturated carbocycles. The number of hydrogen-bond acceptors (Lipinski definition) is 2. The van der Waals surface area contributed by atoms with Crippen LogP contribution in [0, 0.1) is 45.8 Å². The molecule has 1 spiro atoms. The van der Waals surface area contributed by atoms with Gasteiger partial charge in [0.25, 0.3) is 0 Å². The molecule has 9 atom stereocenters. The molecule has 2 heteroatoms. The molecule has 5 aliphatic rings. The van der Waals surface area contributed by atoms with E-state index in [0.717, 1.165) is 6.42 Å². The summed E-state index contributed by atoms with van der Waals surface area (Å²) < 4.78 is 6.38. The Morgan fingerprint density at radius 3 is 2.67 bits per heavy atom. The van der Waals surface area contributed by atoms with Crippen molar-refractivity contribution in [3.63, 3.8) is 0 Å². The molecule has 0 aromatic carbocycles. The van der Waals surface area contributed by atoms with E-state index >= 15 is 0 Å². The number of esters is 1. The van der Waals surface area contributed by atoms with Gasteiger partial charge in [0.2, 0.25) is 0 Å². The van der Waals surface area contributed by atoms with E-state index in [2.05, 4.69) is 53.3 Å². The Hall–Kier alpha value is -1.05. The number of allylic oxidation sites excluding steroid dienone is 1. The molecule has 4 unspecified atom stereocenters. The van der Waals surface area contributed by atoms with Crippen molar-refractivity contribution in [2.45, 2.75) is 59.5 Å². The van der Waals surface area contributed by atoms with Crippen molar-refractivity contribution in [1.29, 1.82) is 0 Å². The third-order valence-corrected chi connectivity index (χ3v) is 9.65. The van der Waals surface area contributed by atoms with Crippen LogP contribution in [0.5, 0.6) is 0 Å². The predicted molar refractivity (Wildman–Crippen MR) is 94.1 cm³/mol. The van der Waals surface area contributed by atoms with E-state index < -0.39 is 5.41 Å². The van der Waals surface area contributed by atoms with Gasteiger partial charge in [-0.05, 0) is 48.9 Å². The van der Waals surface area contributed by atoms with Gasteiger partial charge in [-0.1, -0.05) is 52.0 Å². The largest absolute Gasteiger partial charge is 0.457 e. The molecule has 130 valence electrons.